The van der Waals surface area contributed by atoms with Crippen LogP contribution in [0.25, 0.3) is 0 Å². The normalized spacial score (nSPS) is 29.5. The third kappa shape index (κ3) is 4.23. The number of aliphatic hydroxyl groups is 1. The van der Waals surface area contributed by atoms with E-state index in [0.717, 1.165) is 19.3 Å². The van der Waals surface area contributed by atoms with E-state index in [4.69, 9.17) is 0 Å². The number of hydrogen-bond donors (Lipinski definition) is 1. The Morgan fingerprint density at radius 1 is 1.41 bits per heavy atom. The molecular weight excluding hydrogens is 238 g/mol. The summed E-state index contributed by atoms with van der Waals surface area (Å²) in [5, 5.41) is 10.3. The van der Waals surface area contributed by atoms with Crippen LogP contribution in [0.2, 0.25) is 0 Å². The van der Waals surface area contributed by atoms with Crippen LogP contribution in [0, 0.1) is 5.41 Å². The summed E-state index contributed by atoms with van der Waals surface area (Å²) in [4.78, 5) is 1.99. The summed E-state index contributed by atoms with van der Waals surface area (Å²) < 4.78 is 22.3. The Kier molecular flexibility index (Phi) is 4.60. The Morgan fingerprint density at radius 2 is 2.00 bits per heavy atom. The van der Waals surface area contributed by atoms with Crippen molar-refractivity contribution >= 4 is 9.84 Å². The van der Waals surface area contributed by atoms with E-state index in [1.807, 2.05) is 11.9 Å². The van der Waals surface area contributed by atoms with Crippen LogP contribution in [0.3, 0.4) is 0 Å². The quantitative estimate of drug-likeness (QED) is 0.819. The van der Waals surface area contributed by atoms with Crippen LogP contribution in [0.5, 0.6) is 0 Å². The molecule has 0 aliphatic heterocycles. The van der Waals surface area contributed by atoms with E-state index in [1.165, 1.54) is 6.26 Å². The Labute approximate surface area is 105 Å². The van der Waals surface area contributed by atoms with Crippen molar-refractivity contribution in [3.8, 4) is 0 Å². The second-order valence-electron chi connectivity index (χ2n) is 6.00. The van der Waals surface area contributed by atoms with Crippen LogP contribution in [-0.2, 0) is 9.84 Å². The molecule has 2 unspecified atom stereocenters. The van der Waals surface area contributed by atoms with E-state index >= 15 is 0 Å². The van der Waals surface area contributed by atoms with Gasteiger partial charge >= 0.3 is 0 Å². The fraction of sp³-hybridized carbons (Fsp3) is 1.00. The van der Waals surface area contributed by atoms with Crippen molar-refractivity contribution < 1.29 is 13.5 Å². The third-order valence-corrected chi connectivity index (χ3v) is 4.79. The molecule has 17 heavy (non-hydrogen) atoms. The van der Waals surface area contributed by atoms with Gasteiger partial charge in [0.25, 0.3) is 0 Å². The fourth-order valence-electron chi connectivity index (χ4n) is 2.53. The molecular formula is C12H25NO3S. The maximum atomic E-state index is 11.1. The van der Waals surface area contributed by atoms with E-state index < -0.39 is 9.84 Å². The van der Waals surface area contributed by atoms with E-state index in [-0.39, 0.29) is 23.3 Å². The summed E-state index contributed by atoms with van der Waals surface area (Å²) in [6, 6.07) is 0.0838. The molecule has 0 aromatic carbocycles. The van der Waals surface area contributed by atoms with Gasteiger partial charge in [-0.3, -0.25) is 4.90 Å². The Morgan fingerprint density at radius 3 is 2.53 bits per heavy atom. The maximum absolute atomic E-state index is 11.1. The van der Waals surface area contributed by atoms with Gasteiger partial charge in [0, 0.05) is 18.8 Å². The summed E-state index contributed by atoms with van der Waals surface area (Å²) in [6.45, 7) is 4.65. The minimum atomic E-state index is -2.93. The van der Waals surface area contributed by atoms with E-state index in [2.05, 4.69) is 13.8 Å². The molecule has 0 spiro atoms. The lowest BCUT2D eigenvalue weighted by Gasteiger charge is -2.44. The van der Waals surface area contributed by atoms with Crippen LogP contribution in [0.15, 0.2) is 0 Å². The van der Waals surface area contributed by atoms with Crippen molar-refractivity contribution in [1.82, 2.24) is 4.90 Å². The standard InChI is InChI=1S/C12H25NO3S/c1-12(2)7-5-6-10(11(12)14)13(3)8-9-17(4,15)16/h10-11,14H,5-9H2,1-4H3. The van der Waals surface area contributed by atoms with Gasteiger partial charge in [-0.05, 0) is 25.3 Å². The van der Waals surface area contributed by atoms with Crippen LogP contribution in [0.4, 0.5) is 0 Å². The van der Waals surface area contributed by atoms with Gasteiger partial charge < -0.3 is 5.11 Å². The number of sulfone groups is 1. The molecule has 5 heteroatoms. The molecule has 0 amide bonds. The molecule has 0 heterocycles. The number of nitrogens with zero attached hydrogens (tertiary/aromatic N) is 1. The molecule has 4 nitrogen and oxygen atoms in total. The van der Waals surface area contributed by atoms with Gasteiger partial charge in [0.15, 0.2) is 0 Å². The van der Waals surface area contributed by atoms with Crippen LogP contribution < -0.4 is 0 Å². The topological polar surface area (TPSA) is 57.6 Å². The molecule has 1 saturated carbocycles. The van der Waals surface area contributed by atoms with Crippen molar-refractivity contribution in [3.63, 3.8) is 0 Å². The molecule has 1 N–H and O–H groups in total. The predicted octanol–water partition coefficient (Wildman–Crippen LogP) is 0.902. The highest BCUT2D eigenvalue weighted by molar-refractivity contribution is 7.90. The van der Waals surface area contributed by atoms with Crippen molar-refractivity contribution in [3.05, 3.63) is 0 Å². The van der Waals surface area contributed by atoms with Crippen molar-refractivity contribution in [1.29, 1.82) is 0 Å². The first-order valence-electron chi connectivity index (χ1n) is 6.19. The van der Waals surface area contributed by atoms with Gasteiger partial charge in [-0.15, -0.1) is 0 Å². The first-order valence-corrected chi connectivity index (χ1v) is 8.25. The molecule has 0 aromatic heterocycles. The molecule has 0 saturated heterocycles. The Hall–Kier alpha value is -0.130. The summed E-state index contributed by atoms with van der Waals surface area (Å²) >= 11 is 0. The van der Waals surface area contributed by atoms with Crippen molar-refractivity contribution in [2.24, 2.45) is 5.41 Å². The molecule has 0 bridgehead atoms. The molecule has 1 fully saturated rings. The zero-order valence-corrected chi connectivity index (χ0v) is 12.1. The SMILES string of the molecule is CN(CCS(C)(=O)=O)C1CCCC(C)(C)C1O. The summed E-state index contributed by atoms with van der Waals surface area (Å²) in [7, 11) is -1.02. The van der Waals surface area contributed by atoms with Gasteiger partial charge in [0.2, 0.25) is 0 Å². The first kappa shape index (κ1) is 14.9. The largest absolute Gasteiger partial charge is 0.391 e. The average Bonchev–Trinajstić information content (AvgIpc) is 2.17. The minimum absolute atomic E-state index is 0.0672. The molecule has 1 aliphatic carbocycles. The van der Waals surface area contributed by atoms with Crippen molar-refractivity contribution in [2.75, 3.05) is 25.6 Å². The predicted molar refractivity (Wildman–Crippen MR) is 69.8 cm³/mol. The molecule has 0 aromatic rings. The molecule has 102 valence electrons. The Balaban J connectivity index is 2.59. The lowest BCUT2D eigenvalue weighted by atomic mass is 9.72. The summed E-state index contributed by atoms with van der Waals surface area (Å²) in [5.74, 6) is 0.160. The van der Waals surface area contributed by atoms with Crippen LogP contribution in [-0.4, -0.2) is 56.2 Å². The van der Waals surface area contributed by atoms with Gasteiger partial charge in [0.05, 0.1) is 11.9 Å². The zero-order valence-electron chi connectivity index (χ0n) is 11.3. The zero-order chi connectivity index (χ0) is 13.3. The lowest BCUT2D eigenvalue weighted by Crippen LogP contribution is -2.51. The lowest BCUT2D eigenvalue weighted by molar-refractivity contribution is -0.0488. The molecule has 1 aliphatic rings. The highest BCUT2D eigenvalue weighted by Crippen LogP contribution is 2.37. The smallest absolute Gasteiger partial charge is 0.148 e. The second kappa shape index (κ2) is 5.24. The van der Waals surface area contributed by atoms with E-state index in [9.17, 15) is 13.5 Å². The highest BCUT2D eigenvalue weighted by Gasteiger charge is 2.39. The number of hydrogen-bond acceptors (Lipinski definition) is 4. The third-order valence-electron chi connectivity index (χ3n) is 3.87. The van der Waals surface area contributed by atoms with E-state index in [1.54, 1.807) is 0 Å². The van der Waals surface area contributed by atoms with Gasteiger partial charge in [0.1, 0.15) is 9.84 Å². The molecule has 2 atom stereocenters. The van der Waals surface area contributed by atoms with E-state index in [0.29, 0.717) is 6.54 Å². The van der Waals surface area contributed by atoms with Crippen LogP contribution in [0.1, 0.15) is 33.1 Å². The van der Waals surface area contributed by atoms with Crippen LogP contribution >= 0.6 is 0 Å². The van der Waals surface area contributed by atoms with Gasteiger partial charge in [-0.25, -0.2) is 8.42 Å². The summed E-state index contributed by atoms with van der Waals surface area (Å²) in [5.41, 5.74) is -0.0672. The number of rotatable bonds is 4. The fourth-order valence-corrected chi connectivity index (χ4v) is 3.15. The van der Waals surface area contributed by atoms with Crippen molar-refractivity contribution in [2.45, 2.75) is 45.3 Å². The minimum Gasteiger partial charge on any atom is -0.391 e. The highest BCUT2D eigenvalue weighted by atomic mass is 32.2. The number of likely N-dealkylation sites (N-methyl/N-ethyl adjacent to an activating group) is 1. The van der Waals surface area contributed by atoms with Gasteiger partial charge in [-0.1, -0.05) is 20.3 Å². The maximum Gasteiger partial charge on any atom is 0.148 e. The second-order valence-corrected chi connectivity index (χ2v) is 8.26. The molecule has 1 rings (SSSR count). The number of aliphatic hydroxyl groups excluding tert-OH is 1. The first-order chi connectivity index (χ1) is 7.63. The molecule has 0 radical (unpaired) electrons. The Bertz CT molecular complexity index is 351. The summed E-state index contributed by atoms with van der Waals surface area (Å²) in [6.07, 6.45) is 3.95. The monoisotopic (exact) mass is 263 g/mol. The van der Waals surface area contributed by atoms with Gasteiger partial charge in [-0.2, -0.15) is 0 Å². The average molecular weight is 263 g/mol.